The van der Waals surface area contributed by atoms with Crippen molar-refractivity contribution in [2.75, 3.05) is 46.6 Å². The molecule has 2 amide bonds. The van der Waals surface area contributed by atoms with Crippen LogP contribution in [0.15, 0.2) is 35.7 Å². The Morgan fingerprint density at radius 1 is 1.27 bits per heavy atom. The van der Waals surface area contributed by atoms with E-state index >= 15 is 0 Å². The second kappa shape index (κ2) is 11.1. The summed E-state index contributed by atoms with van der Waals surface area (Å²) in [6, 6.07) is 9.80. The zero-order chi connectivity index (χ0) is 23.2. The lowest BCUT2D eigenvalue weighted by Crippen LogP contribution is -2.49. The van der Waals surface area contributed by atoms with Crippen LogP contribution in [0.5, 0.6) is 5.75 Å². The zero-order valence-electron chi connectivity index (χ0n) is 19.3. The van der Waals surface area contributed by atoms with Crippen LogP contribution in [0.2, 0.25) is 0 Å². The van der Waals surface area contributed by atoms with Crippen LogP contribution in [0, 0.1) is 6.92 Å². The number of amides is 2. The number of thiophene rings is 1. The molecule has 0 aliphatic carbocycles. The normalized spacial score (nSPS) is 19.9. The number of rotatable bonds is 9. The van der Waals surface area contributed by atoms with Crippen LogP contribution in [0.1, 0.15) is 34.9 Å². The monoisotopic (exact) mass is 472 g/mol. The molecule has 1 aromatic carbocycles. The van der Waals surface area contributed by atoms with Gasteiger partial charge in [0.25, 0.3) is 0 Å². The Balaban J connectivity index is 1.49. The van der Waals surface area contributed by atoms with Gasteiger partial charge in [0.05, 0.1) is 18.7 Å². The summed E-state index contributed by atoms with van der Waals surface area (Å²) >= 11 is 1.72. The van der Waals surface area contributed by atoms with Crippen LogP contribution in [0.4, 0.5) is 0 Å². The average Bonchev–Trinajstić information content (AvgIpc) is 3.50. The summed E-state index contributed by atoms with van der Waals surface area (Å²) in [6.07, 6.45) is 2.68. The summed E-state index contributed by atoms with van der Waals surface area (Å²) in [4.78, 5) is 31.0. The molecule has 0 N–H and O–H groups in total. The van der Waals surface area contributed by atoms with Crippen LogP contribution in [0.25, 0.3) is 0 Å². The molecule has 1 aromatic heterocycles. The molecular weight excluding hydrogens is 440 g/mol. The van der Waals surface area contributed by atoms with E-state index in [1.165, 1.54) is 12.0 Å². The highest BCUT2D eigenvalue weighted by molar-refractivity contribution is 7.10. The van der Waals surface area contributed by atoms with Crippen molar-refractivity contribution in [1.29, 1.82) is 0 Å². The van der Waals surface area contributed by atoms with Crippen molar-refractivity contribution in [3.63, 3.8) is 0 Å². The van der Waals surface area contributed by atoms with Crippen LogP contribution >= 0.6 is 11.3 Å². The Bertz CT molecular complexity index is 956. The van der Waals surface area contributed by atoms with Gasteiger partial charge in [-0.1, -0.05) is 18.2 Å². The Morgan fingerprint density at radius 2 is 2.12 bits per heavy atom. The number of benzene rings is 1. The maximum Gasteiger partial charge on any atom is 0.249 e. The molecule has 1 fully saturated rings. The quantitative estimate of drug-likeness (QED) is 0.561. The van der Waals surface area contributed by atoms with Gasteiger partial charge in [-0.2, -0.15) is 0 Å². The Labute approximate surface area is 199 Å². The lowest BCUT2D eigenvalue weighted by Gasteiger charge is -2.37. The zero-order valence-corrected chi connectivity index (χ0v) is 20.1. The van der Waals surface area contributed by atoms with Crippen molar-refractivity contribution >= 4 is 23.2 Å². The Kier molecular flexibility index (Phi) is 8.01. The lowest BCUT2D eigenvalue weighted by molar-refractivity contribution is -0.145. The van der Waals surface area contributed by atoms with Crippen molar-refractivity contribution in [3.8, 4) is 5.75 Å². The van der Waals surface area contributed by atoms with Crippen molar-refractivity contribution in [2.45, 2.75) is 38.3 Å². The second-order valence-corrected chi connectivity index (χ2v) is 9.57. The molecule has 0 saturated carbocycles. The molecule has 4 rings (SSSR count). The van der Waals surface area contributed by atoms with Crippen LogP contribution < -0.4 is 4.74 Å². The summed E-state index contributed by atoms with van der Waals surface area (Å²) in [5.41, 5.74) is 2.20. The molecule has 1 saturated heterocycles. The summed E-state index contributed by atoms with van der Waals surface area (Å²) in [6.45, 7) is 4.08. The highest BCUT2D eigenvalue weighted by Crippen LogP contribution is 2.34. The number of methoxy groups -OCH3 is 1. The standard InChI is InChI=1S/C25H32N2O5S/c1-18-6-3-4-8-22(18)32-16-21-20-10-13-33-23(20)9-11-27(21)24(28)15-26(25(29)17-30-2)14-19-7-5-12-31-19/h3-4,6,8,10,13,19,21H,5,7,9,11-12,14-17H2,1-2H3/t19-,21-/m1/s1. The Hall–Kier alpha value is -2.42. The molecule has 2 aromatic rings. The van der Waals surface area contributed by atoms with E-state index in [0.29, 0.717) is 26.3 Å². The van der Waals surface area contributed by atoms with Gasteiger partial charge in [0, 0.05) is 31.7 Å². The third kappa shape index (κ3) is 5.75. The van der Waals surface area contributed by atoms with Gasteiger partial charge in [0.1, 0.15) is 19.0 Å². The molecule has 178 valence electrons. The number of ether oxygens (including phenoxy) is 3. The summed E-state index contributed by atoms with van der Waals surface area (Å²) in [5.74, 6) is 0.553. The van der Waals surface area contributed by atoms with Gasteiger partial charge in [-0.25, -0.2) is 0 Å². The molecule has 33 heavy (non-hydrogen) atoms. The average molecular weight is 473 g/mol. The third-order valence-corrected chi connectivity index (χ3v) is 7.30. The lowest BCUT2D eigenvalue weighted by atomic mass is 10.00. The number of para-hydroxylation sites is 1. The van der Waals surface area contributed by atoms with Crippen LogP contribution in [-0.4, -0.2) is 74.3 Å². The van der Waals surface area contributed by atoms with E-state index in [9.17, 15) is 9.59 Å². The number of hydrogen-bond donors (Lipinski definition) is 0. The highest BCUT2D eigenvalue weighted by Gasteiger charge is 2.34. The predicted molar refractivity (Wildman–Crippen MR) is 127 cm³/mol. The number of nitrogens with zero attached hydrogens (tertiary/aromatic N) is 2. The van der Waals surface area contributed by atoms with Crippen LogP contribution in [0.3, 0.4) is 0 Å². The van der Waals surface area contributed by atoms with Gasteiger partial charge in [0.15, 0.2) is 0 Å². The SMILES string of the molecule is COCC(=O)N(CC(=O)N1CCc2sccc2[C@H]1COc1ccccc1C)C[C@H]1CCCO1. The number of hydrogen-bond acceptors (Lipinski definition) is 6. The fraction of sp³-hybridized carbons (Fsp3) is 0.520. The van der Waals surface area contributed by atoms with Gasteiger partial charge >= 0.3 is 0 Å². The first-order valence-electron chi connectivity index (χ1n) is 11.5. The van der Waals surface area contributed by atoms with Crippen molar-refractivity contribution < 1.29 is 23.8 Å². The largest absolute Gasteiger partial charge is 0.491 e. The molecule has 0 radical (unpaired) electrons. The van der Waals surface area contributed by atoms with E-state index in [2.05, 4.69) is 11.4 Å². The van der Waals surface area contributed by atoms with Gasteiger partial charge < -0.3 is 24.0 Å². The minimum Gasteiger partial charge on any atom is -0.491 e. The van der Waals surface area contributed by atoms with E-state index in [1.807, 2.05) is 36.1 Å². The summed E-state index contributed by atoms with van der Waals surface area (Å²) in [7, 11) is 1.49. The van der Waals surface area contributed by atoms with E-state index < -0.39 is 0 Å². The molecule has 0 spiro atoms. The topological polar surface area (TPSA) is 68.3 Å². The fourth-order valence-corrected chi connectivity index (χ4v) is 5.45. The molecular formula is C25H32N2O5S. The third-order valence-electron chi connectivity index (χ3n) is 6.30. The first-order valence-corrected chi connectivity index (χ1v) is 12.4. The van der Waals surface area contributed by atoms with Gasteiger partial charge in [-0.3, -0.25) is 9.59 Å². The van der Waals surface area contributed by atoms with Crippen molar-refractivity contribution in [3.05, 3.63) is 51.7 Å². The van der Waals surface area contributed by atoms with Gasteiger partial charge in [-0.05, 0) is 54.8 Å². The molecule has 2 aliphatic rings. The molecule has 2 atom stereocenters. The summed E-state index contributed by atoms with van der Waals surface area (Å²) in [5, 5.41) is 2.07. The Morgan fingerprint density at radius 3 is 2.88 bits per heavy atom. The minimum absolute atomic E-state index is 0.0163. The highest BCUT2D eigenvalue weighted by atomic mass is 32.1. The molecule has 7 nitrogen and oxygen atoms in total. The van der Waals surface area contributed by atoms with Crippen molar-refractivity contribution in [2.24, 2.45) is 0 Å². The molecule has 8 heteroatoms. The first-order chi connectivity index (χ1) is 16.1. The fourth-order valence-electron chi connectivity index (χ4n) is 4.52. The van der Waals surface area contributed by atoms with E-state index in [-0.39, 0.29) is 37.1 Å². The minimum atomic E-state index is -0.192. The number of aryl methyl sites for hydroxylation is 1. The maximum absolute atomic E-state index is 13.5. The number of carbonyl (C=O) groups is 2. The summed E-state index contributed by atoms with van der Waals surface area (Å²) < 4.78 is 16.9. The molecule has 3 heterocycles. The number of carbonyl (C=O) groups excluding carboxylic acids is 2. The van der Waals surface area contributed by atoms with Crippen molar-refractivity contribution in [1.82, 2.24) is 9.80 Å². The van der Waals surface area contributed by atoms with E-state index in [1.54, 1.807) is 16.2 Å². The van der Waals surface area contributed by atoms with Gasteiger partial charge in [-0.15, -0.1) is 11.3 Å². The van der Waals surface area contributed by atoms with Crippen LogP contribution in [-0.2, 0) is 25.5 Å². The molecule has 0 bridgehead atoms. The molecule has 0 unspecified atom stereocenters. The smallest absolute Gasteiger partial charge is 0.249 e. The van der Waals surface area contributed by atoms with E-state index in [0.717, 1.165) is 36.1 Å². The molecule has 2 aliphatic heterocycles. The number of fused-ring (bicyclic) bond motifs is 1. The maximum atomic E-state index is 13.5. The first kappa shape index (κ1) is 23.7. The van der Waals surface area contributed by atoms with Gasteiger partial charge in [0.2, 0.25) is 11.8 Å². The second-order valence-electron chi connectivity index (χ2n) is 8.57. The van der Waals surface area contributed by atoms with E-state index in [4.69, 9.17) is 14.2 Å². The predicted octanol–water partition coefficient (Wildman–Crippen LogP) is 3.22.